The molecule has 44 heavy (non-hydrogen) atoms. The molecule has 2 atom stereocenters. The van der Waals surface area contributed by atoms with Crippen LogP contribution in [0.25, 0.3) is 0 Å². The zero-order chi connectivity index (χ0) is 32.5. The number of unbranched alkanes of at least 4 members (excludes halogenated alkanes) is 8. The number of carboxylic acid groups (broad SMARTS) is 1. The summed E-state index contributed by atoms with van der Waals surface area (Å²) in [6, 6.07) is -0.874. The molecule has 4 N–H and O–H groups in total. The number of carbonyl (C=O) groups excluding carboxylic acids is 2. The van der Waals surface area contributed by atoms with Gasteiger partial charge in [0.25, 0.3) is 0 Å². The van der Waals surface area contributed by atoms with Gasteiger partial charge in [0.15, 0.2) is 0 Å². The summed E-state index contributed by atoms with van der Waals surface area (Å²) in [5.74, 6) is -1.36. The molecule has 0 saturated carbocycles. The zero-order valence-corrected chi connectivity index (χ0v) is 28.0. The van der Waals surface area contributed by atoms with Crippen LogP contribution in [0.3, 0.4) is 0 Å². The van der Waals surface area contributed by atoms with Crippen LogP contribution in [-0.4, -0.2) is 41.6 Å². The third-order valence-corrected chi connectivity index (χ3v) is 7.39. The van der Waals surface area contributed by atoms with Gasteiger partial charge < -0.3 is 20.9 Å². The molecule has 0 aliphatic carbocycles. The van der Waals surface area contributed by atoms with Gasteiger partial charge in [-0.1, -0.05) is 101 Å². The van der Waals surface area contributed by atoms with E-state index in [1.54, 1.807) is 0 Å². The molecule has 0 radical (unpaired) electrons. The lowest BCUT2D eigenvalue weighted by atomic mass is 10.0. The van der Waals surface area contributed by atoms with Crippen molar-refractivity contribution in [3.8, 4) is 0 Å². The Bertz CT molecular complexity index is 834. The SMILES string of the molecule is CC/C=C\C/C=C\C/C=C\C/C=C\CCCCCCCCC(=O)OC(CCC)CCCCCC(=O)NC(CCCN)C(=O)O. The molecule has 7 heteroatoms. The van der Waals surface area contributed by atoms with Crippen LogP contribution in [0.15, 0.2) is 48.6 Å². The van der Waals surface area contributed by atoms with Crippen LogP contribution in [0.5, 0.6) is 0 Å². The predicted molar refractivity (Wildman–Crippen MR) is 183 cm³/mol. The first-order chi connectivity index (χ1) is 21.4. The smallest absolute Gasteiger partial charge is 0.326 e. The highest BCUT2D eigenvalue weighted by Gasteiger charge is 2.19. The monoisotopic (exact) mass is 616 g/mol. The molecule has 0 fully saturated rings. The average Bonchev–Trinajstić information content (AvgIpc) is 3.00. The van der Waals surface area contributed by atoms with Gasteiger partial charge in [-0.3, -0.25) is 9.59 Å². The maximum Gasteiger partial charge on any atom is 0.326 e. The van der Waals surface area contributed by atoms with E-state index in [2.05, 4.69) is 67.8 Å². The van der Waals surface area contributed by atoms with Gasteiger partial charge in [0.05, 0.1) is 0 Å². The lowest BCUT2D eigenvalue weighted by Gasteiger charge is -2.17. The number of nitrogens with one attached hydrogen (secondary N) is 1. The van der Waals surface area contributed by atoms with Crippen LogP contribution in [-0.2, 0) is 19.1 Å². The standard InChI is InChI=1S/C37H64N2O5/c1-3-5-6-7-8-9-10-11-12-13-14-15-16-17-18-19-20-21-25-31-36(41)44-33(27-4-2)28-23-22-24-30-35(40)39-34(37(42)43)29-26-32-38/h5-6,8-9,11-12,14-15,33-34H,3-4,7,10,13,16-32,38H2,1-2H3,(H,39,40)(H,42,43)/b6-5-,9-8-,12-11-,15-14-. The van der Waals surface area contributed by atoms with Crippen LogP contribution >= 0.6 is 0 Å². The lowest BCUT2D eigenvalue weighted by molar-refractivity contribution is -0.150. The van der Waals surface area contributed by atoms with E-state index in [0.29, 0.717) is 38.6 Å². The molecule has 0 aromatic carbocycles. The van der Waals surface area contributed by atoms with Crippen molar-refractivity contribution in [2.75, 3.05) is 6.54 Å². The van der Waals surface area contributed by atoms with Crippen LogP contribution in [0.2, 0.25) is 0 Å². The van der Waals surface area contributed by atoms with Crippen LogP contribution in [0.1, 0.15) is 149 Å². The molecular weight excluding hydrogens is 552 g/mol. The first-order valence-corrected chi connectivity index (χ1v) is 17.5. The molecule has 2 unspecified atom stereocenters. The van der Waals surface area contributed by atoms with Gasteiger partial charge in [-0.15, -0.1) is 0 Å². The van der Waals surface area contributed by atoms with E-state index in [9.17, 15) is 19.5 Å². The Hall–Kier alpha value is -2.67. The predicted octanol–water partition coefficient (Wildman–Crippen LogP) is 8.88. The summed E-state index contributed by atoms with van der Waals surface area (Å²) in [6.07, 6.45) is 36.5. The highest BCUT2D eigenvalue weighted by molar-refractivity contribution is 5.83. The maximum absolute atomic E-state index is 12.4. The van der Waals surface area contributed by atoms with Gasteiger partial charge in [-0.25, -0.2) is 4.79 Å². The van der Waals surface area contributed by atoms with Crippen molar-refractivity contribution in [3.63, 3.8) is 0 Å². The number of nitrogens with two attached hydrogens (primary N) is 1. The second-order valence-electron chi connectivity index (χ2n) is 11.6. The number of carboxylic acids is 1. The summed E-state index contributed by atoms with van der Waals surface area (Å²) < 4.78 is 5.76. The molecule has 0 aromatic rings. The van der Waals surface area contributed by atoms with Crippen molar-refractivity contribution >= 4 is 17.8 Å². The van der Waals surface area contributed by atoms with E-state index in [1.165, 1.54) is 19.3 Å². The summed E-state index contributed by atoms with van der Waals surface area (Å²) in [5.41, 5.74) is 5.44. The molecule has 7 nitrogen and oxygen atoms in total. The first kappa shape index (κ1) is 41.3. The molecular formula is C37H64N2O5. The molecule has 0 bridgehead atoms. The number of hydrogen-bond donors (Lipinski definition) is 3. The second-order valence-corrected chi connectivity index (χ2v) is 11.6. The fourth-order valence-electron chi connectivity index (χ4n) is 4.85. The second kappa shape index (κ2) is 31.7. The Morgan fingerprint density at radius 1 is 0.682 bits per heavy atom. The summed E-state index contributed by atoms with van der Waals surface area (Å²) in [6.45, 7) is 4.65. The van der Waals surface area contributed by atoms with Crippen molar-refractivity contribution in [2.45, 2.75) is 161 Å². The number of rotatable bonds is 30. The molecule has 0 aliphatic heterocycles. The summed E-state index contributed by atoms with van der Waals surface area (Å²) in [7, 11) is 0. The number of ether oxygens (including phenoxy) is 1. The van der Waals surface area contributed by atoms with Gasteiger partial charge in [0, 0.05) is 12.8 Å². The largest absolute Gasteiger partial charge is 0.480 e. The number of hydrogen-bond acceptors (Lipinski definition) is 5. The third-order valence-electron chi connectivity index (χ3n) is 7.39. The van der Waals surface area contributed by atoms with Crippen molar-refractivity contribution in [1.82, 2.24) is 5.32 Å². The van der Waals surface area contributed by atoms with E-state index in [4.69, 9.17) is 10.5 Å². The number of amides is 1. The molecule has 1 amide bonds. The maximum atomic E-state index is 12.4. The quantitative estimate of drug-likeness (QED) is 0.0421. The number of esters is 1. The molecule has 0 heterocycles. The lowest BCUT2D eigenvalue weighted by Crippen LogP contribution is -2.40. The van der Waals surface area contributed by atoms with Crippen molar-refractivity contribution in [2.24, 2.45) is 5.73 Å². The normalized spacial score (nSPS) is 13.3. The minimum Gasteiger partial charge on any atom is -0.480 e. The van der Waals surface area contributed by atoms with Gasteiger partial charge in [0.2, 0.25) is 5.91 Å². The fourth-order valence-corrected chi connectivity index (χ4v) is 4.85. The third kappa shape index (κ3) is 28.1. The molecule has 0 spiro atoms. The Balaban J connectivity index is 3.83. The van der Waals surface area contributed by atoms with Crippen molar-refractivity contribution < 1.29 is 24.2 Å². The Morgan fingerprint density at radius 2 is 1.25 bits per heavy atom. The van der Waals surface area contributed by atoms with E-state index in [1.807, 2.05) is 0 Å². The zero-order valence-electron chi connectivity index (χ0n) is 28.0. The van der Waals surface area contributed by atoms with Gasteiger partial charge in [-0.05, 0) is 90.0 Å². The Labute approximate surface area is 268 Å². The van der Waals surface area contributed by atoms with E-state index in [0.717, 1.165) is 83.5 Å². The highest BCUT2D eigenvalue weighted by Crippen LogP contribution is 2.16. The summed E-state index contributed by atoms with van der Waals surface area (Å²) in [5, 5.41) is 11.8. The summed E-state index contributed by atoms with van der Waals surface area (Å²) >= 11 is 0. The minimum atomic E-state index is -1.02. The van der Waals surface area contributed by atoms with Gasteiger partial charge in [0.1, 0.15) is 12.1 Å². The average molecular weight is 617 g/mol. The number of carbonyl (C=O) groups is 3. The van der Waals surface area contributed by atoms with Gasteiger partial charge >= 0.3 is 11.9 Å². The van der Waals surface area contributed by atoms with E-state index < -0.39 is 12.0 Å². The highest BCUT2D eigenvalue weighted by atomic mass is 16.5. The molecule has 0 aromatic heterocycles. The molecule has 0 aliphatic rings. The van der Waals surface area contributed by atoms with Crippen LogP contribution < -0.4 is 11.1 Å². The Morgan fingerprint density at radius 3 is 1.86 bits per heavy atom. The van der Waals surface area contributed by atoms with Crippen molar-refractivity contribution in [3.05, 3.63) is 48.6 Å². The van der Waals surface area contributed by atoms with E-state index >= 15 is 0 Å². The Kier molecular flexibility index (Phi) is 29.8. The molecule has 0 saturated heterocycles. The van der Waals surface area contributed by atoms with E-state index in [-0.39, 0.29) is 18.0 Å². The first-order valence-electron chi connectivity index (χ1n) is 17.5. The van der Waals surface area contributed by atoms with Crippen LogP contribution in [0, 0.1) is 0 Å². The van der Waals surface area contributed by atoms with Crippen LogP contribution in [0.4, 0.5) is 0 Å². The molecule has 252 valence electrons. The number of aliphatic carboxylic acids is 1. The minimum absolute atomic E-state index is 0.0626. The fraction of sp³-hybridized carbons (Fsp3) is 0.703. The topological polar surface area (TPSA) is 119 Å². The van der Waals surface area contributed by atoms with Crippen molar-refractivity contribution in [1.29, 1.82) is 0 Å². The van der Waals surface area contributed by atoms with Gasteiger partial charge in [-0.2, -0.15) is 0 Å². The number of allylic oxidation sites excluding steroid dienone is 8. The summed E-state index contributed by atoms with van der Waals surface area (Å²) in [4.78, 5) is 35.7. The molecule has 0 rings (SSSR count).